The van der Waals surface area contributed by atoms with Crippen molar-refractivity contribution in [1.82, 2.24) is 0 Å². The zero-order valence-corrected chi connectivity index (χ0v) is 25.2. The van der Waals surface area contributed by atoms with Crippen molar-refractivity contribution >= 4 is 0 Å². The maximum absolute atomic E-state index is 13.7. The molecule has 0 aromatic heterocycles. The van der Waals surface area contributed by atoms with Crippen LogP contribution in [-0.2, 0) is 33.2 Å². The summed E-state index contributed by atoms with van der Waals surface area (Å²) >= 11 is 0. The largest absolute Gasteiger partial charge is 0.495 e. The van der Waals surface area contributed by atoms with Crippen LogP contribution in [0.3, 0.4) is 0 Å². The minimum atomic E-state index is -5.46. The third kappa shape index (κ3) is 21.7. The lowest BCUT2D eigenvalue weighted by Crippen LogP contribution is -2.44. The van der Waals surface area contributed by atoms with Gasteiger partial charge in [0.2, 0.25) is 0 Å². The molecule has 270 valence electrons. The normalized spacial score (nSPS) is 14.7. The van der Waals surface area contributed by atoms with Gasteiger partial charge in [-0.05, 0) is 30.7 Å². The van der Waals surface area contributed by atoms with Gasteiger partial charge in [-0.25, -0.2) is 9.47 Å². The van der Waals surface area contributed by atoms with E-state index < -0.39 is 69.9 Å². The van der Waals surface area contributed by atoms with Crippen LogP contribution in [0, 0.1) is 0 Å². The van der Waals surface area contributed by atoms with Crippen molar-refractivity contribution in [1.29, 1.82) is 0 Å². The molecule has 0 aliphatic heterocycles. The Morgan fingerprint density at radius 2 is 1.00 bits per heavy atom. The predicted octanol–water partition coefficient (Wildman–Crippen LogP) is 1.78. The molecule has 0 saturated heterocycles. The summed E-state index contributed by atoms with van der Waals surface area (Å²) in [6.45, 7) is -4.55. The first-order valence-electron chi connectivity index (χ1n) is 14.1. The van der Waals surface area contributed by atoms with Crippen LogP contribution in [0.5, 0.6) is 11.5 Å². The highest BCUT2D eigenvalue weighted by molar-refractivity contribution is 5.31. The molecule has 0 spiro atoms. The van der Waals surface area contributed by atoms with Crippen LogP contribution in [0.4, 0.5) is 26.3 Å². The van der Waals surface area contributed by atoms with Crippen molar-refractivity contribution < 1.29 is 89.4 Å². The van der Waals surface area contributed by atoms with Crippen molar-refractivity contribution in [3.05, 3.63) is 24.3 Å². The van der Waals surface area contributed by atoms with Crippen LogP contribution in [0.15, 0.2) is 24.3 Å². The molecule has 3 atom stereocenters. The van der Waals surface area contributed by atoms with Crippen molar-refractivity contribution in [2.45, 2.75) is 50.2 Å². The third-order valence-electron chi connectivity index (χ3n) is 4.97. The zero-order chi connectivity index (χ0) is 34.5. The first-order chi connectivity index (χ1) is 21.7. The van der Waals surface area contributed by atoms with Crippen LogP contribution in [0.2, 0.25) is 0 Å². The molecule has 0 fully saturated rings. The summed E-state index contributed by atoms with van der Waals surface area (Å²) in [5.74, 6) is 1.19. The second-order valence-electron chi connectivity index (χ2n) is 9.51. The van der Waals surface area contributed by atoms with E-state index in [-0.39, 0.29) is 46.2 Å². The molecule has 0 heterocycles. The average Bonchev–Trinajstić information content (AvgIpc) is 2.96. The smallest absolute Gasteiger partial charge is 0.494 e. The summed E-state index contributed by atoms with van der Waals surface area (Å²) in [7, 11) is 0. The number of hydrogen-bond acceptors (Lipinski definition) is 13. The lowest BCUT2D eigenvalue weighted by Gasteiger charge is -2.26. The van der Waals surface area contributed by atoms with E-state index in [0.29, 0.717) is 18.1 Å². The van der Waals surface area contributed by atoms with Crippen molar-refractivity contribution in [3.63, 3.8) is 0 Å². The molecular weight excluding hydrogens is 646 g/mol. The number of rotatable bonds is 29. The number of hydrogen-bond donors (Lipinski definition) is 4. The Hall–Kier alpha value is -2.04. The van der Waals surface area contributed by atoms with Gasteiger partial charge in [-0.1, -0.05) is 6.92 Å². The number of ether oxygens (including phenoxy) is 9. The predicted molar refractivity (Wildman–Crippen MR) is 144 cm³/mol. The van der Waals surface area contributed by atoms with Gasteiger partial charge >= 0.3 is 18.5 Å². The van der Waals surface area contributed by atoms with Crippen LogP contribution in [-0.4, -0.2) is 143 Å². The van der Waals surface area contributed by atoms with Gasteiger partial charge in [0.25, 0.3) is 0 Å². The van der Waals surface area contributed by atoms with Gasteiger partial charge in [0, 0.05) is 0 Å². The van der Waals surface area contributed by atoms with Crippen LogP contribution in [0.1, 0.15) is 13.3 Å². The van der Waals surface area contributed by atoms with Gasteiger partial charge in [-0.2, -0.15) is 17.6 Å². The zero-order valence-electron chi connectivity index (χ0n) is 25.2. The first kappa shape index (κ1) is 42.0. The molecule has 1 rings (SSSR count). The Morgan fingerprint density at radius 1 is 0.565 bits per heavy atom. The molecule has 1 aromatic carbocycles. The Labute approximate surface area is 261 Å². The Morgan fingerprint density at radius 3 is 1.54 bits per heavy atom. The van der Waals surface area contributed by atoms with Crippen molar-refractivity contribution in [2.24, 2.45) is 0 Å². The van der Waals surface area contributed by atoms with Gasteiger partial charge in [-0.15, -0.1) is 8.78 Å². The Balaban J connectivity index is 2.17. The summed E-state index contributed by atoms with van der Waals surface area (Å²) in [6, 6.07) is 6.81. The molecule has 0 aliphatic rings. The van der Waals surface area contributed by atoms with Crippen molar-refractivity contribution in [3.8, 4) is 11.5 Å². The highest BCUT2D eigenvalue weighted by atomic mass is 19.3. The minimum Gasteiger partial charge on any atom is -0.494 e. The third-order valence-corrected chi connectivity index (χ3v) is 4.97. The van der Waals surface area contributed by atoms with E-state index in [2.05, 4.69) is 18.9 Å². The lowest BCUT2D eigenvalue weighted by atomic mass is 10.3. The van der Waals surface area contributed by atoms with E-state index in [9.17, 15) is 41.7 Å². The molecule has 3 unspecified atom stereocenters. The summed E-state index contributed by atoms with van der Waals surface area (Å²) < 4.78 is 122. The standard InChI is InChI=1S/C27H42F6O13/c1-2-8-43-23-3-5-24(6-4-23)44-17-22(37)15-41-14-20(35)13-39-10-11-40-18-25(28,29)45-27(32,33)46-26(30,31)19-42-16-21(36)12-38-9-7-34/h3-6,20-22,34-37H,2,7-19H2,1H3. The number of benzene rings is 1. The number of aliphatic hydroxyl groups excluding tert-OH is 4. The molecule has 4 N–H and O–H groups in total. The topological polar surface area (TPSA) is 164 Å². The first-order valence-corrected chi connectivity index (χ1v) is 14.1. The molecule has 0 radical (unpaired) electrons. The number of aliphatic hydroxyl groups is 4. The quantitative estimate of drug-likeness (QED) is 0.0548. The second-order valence-corrected chi connectivity index (χ2v) is 9.51. The van der Waals surface area contributed by atoms with Crippen LogP contribution in [0.25, 0.3) is 0 Å². The lowest BCUT2D eigenvalue weighted by molar-refractivity contribution is -0.518. The Bertz CT molecular complexity index is 901. The number of halogens is 6. The fourth-order valence-corrected chi connectivity index (χ4v) is 3.08. The fraction of sp³-hybridized carbons (Fsp3) is 0.778. The van der Waals surface area contributed by atoms with E-state index in [1.54, 1.807) is 24.3 Å². The molecular formula is C27H42F6O13. The summed E-state index contributed by atoms with van der Waals surface area (Å²) in [5.41, 5.74) is 0. The SMILES string of the molecule is CCCOc1ccc(OCC(O)COCC(O)COCCOCC(F)(F)OC(F)(F)OC(F)(F)COCC(O)COCCO)cc1. The van der Waals surface area contributed by atoms with Gasteiger partial charge in [0.1, 0.15) is 49.6 Å². The average molecular weight is 689 g/mol. The van der Waals surface area contributed by atoms with Gasteiger partial charge in [0.15, 0.2) is 0 Å². The molecule has 0 amide bonds. The molecule has 0 bridgehead atoms. The molecule has 46 heavy (non-hydrogen) atoms. The van der Waals surface area contributed by atoms with E-state index in [0.717, 1.165) is 6.42 Å². The van der Waals surface area contributed by atoms with Gasteiger partial charge in [0.05, 0.1) is 66.1 Å². The molecule has 13 nitrogen and oxygen atoms in total. The summed E-state index contributed by atoms with van der Waals surface area (Å²) in [6.07, 6.45) is -17.8. The highest BCUT2D eigenvalue weighted by Crippen LogP contribution is 2.33. The maximum atomic E-state index is 13.7. The van der Waals surface area contributed by atoms with Crippen LogP contribution < -0.4 is 9.47 Å². The summed E-state index contributed by atoms with van der Waals surface area (Å²) in [5, 5.41) is 37.7. The molecule has 1 aromatic rings. The van der Waals surface area contributed by atoms with Gasteiger partial charge < -0.3 is 53.6 Å². The highest BCUT2D eigenvalue weighted by Gasteiger charge is 2.52. The maximum Gasteiger partial charge on any atom is 0.495 e. The van der Waals surface area contributed by atoms with E-state index >= 15 is 0 Å². The van der Waals surface area contributed by atoms with Crippen LogP contribution >= 0.6 is 0 Å². The summed E-state index contributed by atoms with van der Waals surface area (Å²) in [4.78, 5) is 0. The Kier molecular flexibility index (Phi) is 20.5. The molecule has 19 heteroatoms. The fourth-order valence-electron chi connectivity index (χ4n) is 3.08. The number of alkyl halides is 6. The van der Waals surface area contributed by atoms with Gasteiger partial charge in [-0.3, -0.25) is 0 Å². The van der Waals surface area contributed by atoms with Crippen molar-refractivity contribution in [2.75, 3.05) is 85.9 Å². The minimum absolute atomic E-state index is 0.0865. The second kappa shape index (κ2) is 22.5. The monoisotopic (exact) mass is 688 g/mol. The van der Waals surface area contributed by atoms with E-state index in [1.807, 2.05) is 6.92 Å². The van der Waals surface area contributed by atoms with E-state index in [1.165, 1.54) is 0 Å². The van der Waals surface area contributed by atoms with E-state index in [4.69, 9.17) is 28.8 Å². The molecule has 0 aliphatic carbocycles. The molecule has 0 saturated carbocycles.